The Morgan fingerprint density at radius 1 is 1.03 bits per heavy atom. The summed E-state index contributed by atoms with van der Waals surface area (Å²) in [6.45, 7) is 3.15. The molecule has 0 amide bonds. The molecular weight excluding hydrogens is 507 g/mol. The van der Waals surface area contributed by atoms with Crippen LogP contribution < -0.4 is 0 Å². The monoisotopic (exact) mass is 537 g/mol. The molecule has 1 atom stereocenters. The predicted octanol–water partition coefficient (Wildman–Crippen LogP) is 6.88. The standard InChI is InChI=1S/C26H30F3N3O2S2/c1-18-5-4-14-31(16-18)36(33,34)22-12-13-24-23(15-22)30-25(32(24)21-6-2-3-7-21)35-17-19-8-10-20(11-9-19)26(27,28)29/h8-13,15,18,21H,2-7,14,16-17H2,1H3. The number of hydrogen-bond acceptors (Lipinski definition) is 4. The number of halogens is 3. The molecule has 1 unspecified atom stereocenters. The fourth-order valence-electron chi connectivity index (χ4n) is 5.29. The highest BCUT2D eigenvalue weighted by molar-refractivity contribution is 7.98. The van der Waals surface area contributed by atoms with E-state index in [1.165, 1.54) is 23.9 Å². The fourth-order valence-corrected chi connectivity index (χ4v) is 7.94. The van der Waals surface area contributed by atoms with Gasteiger partial charge < -0.3 is 4.57 Å². The number of nitrogens with zero attached hydrogens (tertiary/aromatic N) is 3. The maximum atomic E-state index is 13.3. The molecule has 2 aromatic carbocycles. The molecule has 2 aliphatic rings. The van der Waals surface area contributed by atoms with Gasteiger partial charge in [0.05, 0.1) is 21.5 Å². The Morgan fingerprint density at radius 2 is 1.75 bits per heavy atom. The van der Waals surface area contributed by atoms with Crippen molar-refractivity contribution in [3.8, 4) is 0 Å². The van der Waals surface area contributed by atoms with E-state index in [1.807, 2.05) is 6.07 Å². The van der Waals surface area contributed by atoms with Gasteiger partial charge in [0.2, 0.25) is 10.0 Å². The zero-order valence-electron chi connectivity index (χ0n) is 20.2. The molecule has 0 spiro atoms. The minimum absolute atomic E-state index is 0.263. The van der Waals surface area contributed by atoms with Gasteiger partial charge in [-0.3, -0.25) is 0 Å². The second-order valence-electron chi connectivity index (χ2n) is 9.95. The number of imidazole rings is 1. The Morgan fingerprint density at radius 3 is 2.42 bits per heavy atom. The first-order chi connectivity index (χ1) is 17.1. The zero-order valence-corrected chi connectivity index (χ0v) is 21.8. The van der Waals surface area contributed by atoms with Crippen molar-refractivity contribution in [1.82, 2.24) is 13.9 Å². The van der Waals surface area contributed by atoms with Crippen molar-refractivity contribution >= 4 is 32.8 Å². The van der Waals surface area contributed by atoms with Crippen LogP contribution in [0.3, 0.4) is 0 Å². The van der Waals surface area contributed by atoms with Gasteiger partial charge >= 0.3 is 6.18 Å². The molecule has 0 N–H and O–H groups in total. The molecule has 1 aromatic heterocycles. The third-order valence-corrected chi connectivity index (χ3v) is 10.1. The zero-order chi connectivity index (χ0) is 25.5. The molecule has 1 saturated heterocycles. The number of thioether (sulfide) groups is 1. The lowest BCUT2D eigenvalue weighted by Crippen LogP contribution is -2.39. The van der Waals surface area contributed by atoms with Crippen LogP contribution in [0.25, 0.3) is 11.0 Å². The van der Waals surface area contributed by atoms with Crippen molar-refractivity contribution in [2.45, 2.75) is 73.5 Å². The highest BCUT2D eigenvalue weighted by Crippen LogP contribution is 2.38. The molecule has 2 heterocycles. The molecule has 0 bridgehead atoms. The van der Waals surface area contributed by atoms with E-state index in [2.05, 4.69) is 11.5 Å². The number of hydrogen-bond donors (Lipinski definition) is 0. The average molecular weight is 538 g/mol. The van der Waals surface area contributed by atoms with Crippen LogP contribution in [0.5, 0.6) is 0 Å². The van der Waals surface area contributed by atoms with Gasteiger partial charge in [0.15, 0.2) is 5.16 Å². The molecule has 0 radical (unpaired) electrons. The molecule has 5 nitrogen and oxygen atoms in total. The quantitative estimate of drug-likeness (QED) is 0.322. The number of benzene rings is 2. The van der Waals surface area contributed by atoms with Crippen LogP contribution in [0.4, 0.5) is 13.2 Å². The maximum absolute atomic E-state index is 13.3. The molecule has 2 fully saturated rings. The second kappa shape index (κ2) is 10.0. The number of aromatic nitrogens is 2. The number of piperidine rings is 1. The number of alkyl halides is 3. The van der Waals surface area contributed by atoms with E-state index in [1.54, 1.807) is 16.4 Å². The van der Waals surface area contributed by atoms with Crippen LogP contribution in [-0.2, 0) is 22.0 Å². The minimum atomic E-state index is -4.35. The van der Waals surface area contributed by atoms with Gasteiger partial charge in [0, 0.05) is 24.9 Å². The van der Waals surface area contributed by atoms with Crippen LogP contribution in [0.15, 0.2) is 52.5 Å². The van der Waals surface area contributed by atoms with E-state index in [9.17, 15) is 21.6 Å². The van der Waals surface area contributed by atoms with Crippen LogP contribution >= 0.6 is 11.8 Å². The SMILES string of the molecule is CC1CCCN(S(=O)(=O)c2ccc3c(c2)nc(SCc2ccc(C(F)(F)F)cc2)n3C2CCCC2)C1. The molecule has 10 heteroatoms. The summed E-state index contributed by atoms with van der Waals surface area (Å²) >= 11 is 1.48. The van der Waals surface area contributed by atoms with Crippen molar-refractivity contribution in [2.75, 3.05) is 13.1 Å². The van der Waals surface area contributed by atoms with Gasteiger partial charge in [0.1, 0.15) is 0 Å². The summed E-state index contributed by atoms with van der Waals surface area (Å²) in [6, 6.07) is 10.7. The summed E-state index contributed by atoms with van der Waals surface area (Å²) in [6.07, 6.45) is 1.88. The third-order valence-electron chi connectivity index (χ3n) is 7.23. The summed E-state index contributed by atoms with van der Waals surface area (Å²) in [4.78, 5) is 5.09. The Balaban J connectivity index is 1.45. The first kappa shape index (κ1) is 25.6. The van der Waals surface area contributed by atoms with Crippen LogP contribution in [0.2, 0.25) is 0 Å². The minimum Gasteiger partial charge on any atom is -0.316 e. The molecule has 36 heavy (non-hydrogen) atoms. The predicted molar refractivity (Wildman–Crippen MR) is 135 cm³/mol. The van der Waals surface area contributed by atoms with E-state index in [0.717, 1.165) is 66.9 Å². The first-order valence-electron chi connectivity index (χ1n) is 12.4. The second-order valence-corrected chi connectivity index (χ2v) is 12.8. The highest BCUT2D eigenvalue weighted by Gasteiger charge is 2.31. The fraction of sp³-hybridized carbons (Fsp3) is 0.500. The van der Waals surface area contributed by atoms with Gasteiger partial charge in [-0.25, -0.2) is 13.4 Å². The van der Waals surface area contributed by atoms with Crippen molar-refractivity contribution in [2.24, 2.45) is 5.92 Å². The van der Waals surface area contributed by atoms with Gasteiger partial charge in [-0.05, 0) is 67.5 Å². The number of sulfonamides is 1. The Labute approximate surface area is 214 Å². The average Bonchev–Trinajstić information content (AvgIpc) is 3.49. The van der Waals surface area contributed by atoms with Gasteiger partial charge in [-0.2, -0.15) is 17.5 Å². The van der Waals surface area contributed by atoms with E-state index in [0.29, 0.717) is 30.3 Å². The summed E-state index contributed by atoms with van der Waals surface area (Å²) < 4.78 is 69.2. The van der Waals surface area contributed by atoms with Crippen molar-refractivity contribution in [1.29, 1.82) is 0 Å². The van der Waals surface area contributed by atoms with E-state index in [-0.39, 0.29) is 10.9 Å². The van der Waals surface area contributed by atoms with Gasteiger partial charge in [0.25, 0.3) is 0 Å². The molecule has 194 valence electrons. The topological polar surface area (TPSA) is 55.2 Å². The van der Waals surface area contributed by atoms with Crippen LogP contribution in [0, 0.1) is 5.92 Å². The maximum Gasteiger partial charge on any atom is 0.416 e. The first-order valence-corrected chi connectivity index (χ1v) is 14.9. The third kappa shape index (κ3) is 5.17. The lowest BCUT2D eigenvalue weighted by molar-refractivity contribution is -0.137. The molecule has 1 aliphatic heterocycles. The van der Waals surface area contributed by atoms with Gasteiger partial charge in [-0.1, -0.05) is 43.7 Å². The lowest BCUT2D eigenvalue weighted by Gasteiger charge is -2.30. The Bertz CT molecular complexity index is 1330. The van der Waals surface area contributed by atoms with E-state index in [4.69, 9.17) is 4.98 Å². The van der Waals surface area contributed by atoms with Crippen molar-refractivity contribution in [3.05, 3.63) is 53.6 Å². The van der Waals surface area contributed by atoms with Crippen molar-refractivity contribution < 1.29 is 21.6 Å². The summed E-state index contributed by atoms with van der Waals surface area (Å²) in [5.41, 5.74) is 1.66. The normalized spacial score (nSPS) is 20.4. The molecule has 1 saturated carbocycles. The summed E-state index contributed by atoms with van der Waals surface area (Å²) in [5, 5.41) is 0.776. The smallest absolute Gasteiger partial charge is 0.316 e. The number of fused-ring (bicyclic) bond motifs is 1. The Hall–Kier alpha value is -2.04. The largest absolute Gasteiger partial charge is 0.416 e. The van der Waals surface area contributed by atoms with Crippen LogP contribution in [-0.4, -0.2) is 35.4 Å². The summed E-state index contributed by atoms with van der Waals surface area (Å²) in [5.74, 6) is 0.817. The van der Waals surface area contributed by atoms with Crippen molar-refractivity contribution in [3.63, 3.8) is 0 Å². The van der Waals surface area contributed by atoms with E-state index < -0.39 is 21.8 Å². The highest BCUT2D eigenvalue weighted by atomic mass is 32.2. The number of rotatable bonds is 6. The van der Waals surface area contributed by atoms with E-state index >= 15 is 0 Å². The molecule has 1 aliphatic carbocycles. The van der Waals surface area contributed by atoms with Crippen LogP contribution in [0.1, 0.15) is 62.6 Å². The lowest BCUT2D eigenvalue weighted by atomic mass is 10.0. The molecule has 3 aromatic rings. The Kier molecular flexibility index (Phi) is 7.13. The molecular formula is C26H30F3N3O2S2. The molecule has 5 rings (SSSR count). The van der Waals surface area contributed by atoms with Gasteiger partial charge in [-0.15, -0.1) is 0 Å². The summed E-state index contributed by atoms with van der Waals surface area (Å²) in [7, 11) is -3.60.